The summed E-state index contributed by atoms with van der Waals surface area (Å²) in [6, 6.07) is 1.73. The lowest BCUT2D eigenvalue weighted by atomic mass is 9.96. The summed E-state index contributed by atoms with van der Waals surface area (Å²) in [5.74, 6) is 0.226. The first-order valence-corrected chi connectivity index (χ1v) is 9.15. The minimum absolute atomic E-state index is 0. The molecule has 3 aromatic rings. The summed E-state index contributed by atoms with van der Waals surface area (Å²) >= 11 is 0. The molecule has 1 aliphatic rings. The van der Waals surface area contributed by atoms with Gasteiger partial charge in [-0.15, -0.1) is 24.8 Å². The number of carbonyl (C=O) groups is 1. The largest absolute Gasteiger partial charge is 0.369 e. The third-order valence-corrected chi connectivity index (χ3v) is 5.09. The van der Waals surface area contributed by atoms with Gasteiger partial charge >= 0.3 is 0 Å². The number of halogens is 2. The summed E-state index contributed by atoms with van der Waals surface area (Å²) in [5.41, 5.74) is 12.3. The van der Waals surface area contributed by atoms with E-state index in [0.29, 0.717) is 35.8 Å². The van der Waals surface area contributed by atoms with Crippen molar-refractivity contribution in [2.75, 3.05) is 12.3 Å². The average molecular weight is 438 g/mol. The Balaban J connectivity index is 0.00000150. The lowest BCUT2D eigenvalue weighted by molar-refractivity contribution is 0.0950. The zero-order valence-corrected chi connectivity index (χ0v) is 18.0. The Labute approximate surface area is 181 Å². The Hall–Kier alpha value is -2.42. The number of aryl methyl sites for hydroxylation is 2. The van der Waals surface area contributed by atoms with Crippen LogP contribution in [-0.2, 0) is 26.1 Å². The van der Waals surface area contributed by atoms with Gasteiger partial charge in [-0.25, -0.2) is 9.97 Å². The van der Waals surface area contributed by atoms with Crippen LogP contribution in [0.1, 0.15) is 39.7 Å². The third kappa shape index (κ3) is 4.29. The van der Waals surface area contributed by atoms with Gasteiger partial charge in [0.2, 0.25) is 5.95 Å². The molecule has 4 N–H and O–H groups in total. The van der Waals surface area contributed by atoms with Gasteiger partial charge in [-0.3, -0.25) is 14.3 Å². The zero-order chi connectivity index (χ0) is 19.0. The van der Waals surface area contributed by atoms with Crippen LogP contribution in [0.2, 0.25) is 0 Å². The van der Waals surface area contributed by atoms with Gasteiger partial charge in [-0.1, -0.05) is 0 Å². The number of hydrogen-bond donors (Lipinski definition) is 3. The monoisotopic (exact) mass is 437 g/mol. The van der Waals surface area contributed by atoms with Crippen molar-refractivity contribution < 1.29 is 4.79 Å². The first-order valence-electron chi connectivity index (χ1n) is 9.15. The van der Waals surface area contributed by atoms with Gasteiger partial charge < -0.3 is 16.4 Å². The number of rotatable bonds is 4. The van der Waals surface area contributed by atoms with Crippen LogP contribution in [0.5, 0.6) is 0 Å². The van der Waals surface area contributed by atoms with Gasteiger partial charge in [0.25, 0.3) is 5.91 Å². The van der Waals surface area contributed by atoms with E-state index >= 15 is 0 Å². The number of nitrogens with two attached hydrogens (primary N) is 1. The average Bonchev–Trinajstić information content (AvgIpc) is 3.01. The SMILES string of the molecule is CCn1c(N)nc2cc(C(=O)NCc3c(C)ncc4c3CCNC4)cnc21.Cl.Cl. The first-order chi connectivity index (χ1) is 13.1. The summed E-state index contributed by atoms with van der Waals surface area (Å²) < 4.78 is 1.82. The zero-order valence-electron chi connectivity index (χ0n) is 16.4. The predicted octanol–water partition coefficient (Wildman–Crippen LogP) is 2.16. The summed E-state index contributed by atoms with van der Waals surface area (Å²) in [6.07, 6.45) is 4.44. The Morgan fingerprint density at radius 3 is 2.86 bits per heavy atom. The van der Waals surface area contributed by atoms with Crippen molar-refractivity contribution in [3.63, 3.8) is 0 Å². The number of aromatic nitrogens is 4. The summed E-state index contributed by atoms with van der Waals surface area (Å²) in [7, 11) is 0. The highest BCUT2D eigenvalue weighted by molar-refractivity contribution is 5.96. The predicted molar refractivity (Wildman–Crippen MR) is 118 cm³/mol. The maximum atomic E-state index is 12.7. The molecule has 0 aromatic carbocycles. The number of imidazole rings is 1. The summed E-state index contributed by atoms with van der Waals surface area (Å²) in [4.78, 5) is 25.8. The quantitative estimate of drug-likeness (QED) is 0.576. The van der Waals surface area contributed by atoms with Gasteiger partial charge in [0.15, 0.2) is 5.65 Å². The Morgan fingerprint density at radius 1 is 1.31 bits per heavy atom. The molecule has 0 spiro atoms. The molecule has 0 fully saturated rings. The van der Waals surface area contributed by atoms with E-state index < -0.39 is 0 Å². The number of hydrogen-bond acceptors (Lipinski definition) is 6. The highest BCUT2D eigenvalue weighted by Crippen LogP contribution is 2.21. The van der Waals surface area contributed by atoms with E-state index in [9.17, 15) is 4.79 Å². The number of pyridine rings is 2. The lowest BCUT2D eigenvalue weighted by Gasteiger charge is -2.21. The van der Waals surface area contributed by atoms with Crippen LogP contribution in [0.15, 0.2) is 18.5 Å². The second-order valence-electron chi connectivity index (χ2n) is 6.72. The van der Waals surface area contributed by atoms with Crippen molar-refractivity contribution in [1.29, 1.82) is 0 Å². The van der Waals surface area contributed by atoms with Crippen LogP contribution in [0.25, 0.3) is 11.2 Å². The van der Waals surface area contributed by atoms with E-state index in [1.165, 1.54) is 11.1 Å². The first kappa shape index (κ1) is 22.9. The minimum Gasteiger partial charge on any atom is -0.369 e. The number of nitrogens with one attached hydrogen (secondary N) is 2. The summed E-state index contributed by atoms with van der Waals surface area (Å²) in [6.45, 7) is 6.86. The molecular formula is C19H25Cl2N7O. The van der Waals surface area contributed by atoms with E-state index in [1.807, 2.05) is 24.6 Å². The van der Waals surface area contributed by atoms with Gasteiger partial charge in [-0.2, -0.15) is 0 Å². The molecule has 29 heavy (non-hydrogen) atoms. The topological polar surface area (TPSA) is 111 Å². The van der Waals surface area contributed by atoms with Gasteiger partial charge in [-0.05, 0) is 49.6 Å². The van der Waals surface area contributed by atoms with Crippen molar-refractivity contribution in [1.82, 2.24) is 30.2 Å². The van der Waals surface area contributed by atoms with Crippen LogP contribution >= 0.6 is 24.8 Å². The molecule has 3 aromatic heterocycles. The van der Waals surface area contributed by atoms with Gasteiger partial charge in [0, 0.05) is 37.7 Å². The molecule has 0 saturated heterocycles. The Morgan fingerprint density at radius 2 is 2.10 bits per heavy atom. The number of amides is 1. The molecule has 0 aliphatic carbocycles. The van der Waals surface area contributed by atoms with Crippen molar-refractivity contribution in [3.05, 3.63) is 46.4 Å². The van der Waals surface area contributed by atoms with Crippen LogP contribution < -0.4 is 16.4 Å². The number of anilines is 1. The standard InChI is InChI=1S/C19H23N7O.2ClH/c1-3-26-17-16(25-19(26)20)6-12(8-23-17)18(27)24-10-15-11(2)22-9-13-7-21-5-4-14(13)15;;/h6,8-9,21H,3-5,7,10H2,1-2H3,(H2,20,25)(H,24,27);2*1H. The van der Waals surface area contributed by atoms with E-state index in [-0.39, 0.29) is 30.7 Å². The molecule has 0 bridgehead atoms. The van der Waals surface area contributed by atoms with Crippen LogP contribution in [0, 0.1) is 6.92 Å². The second-order valence-corrected chi connectivity index (χ2v) is 6.72. The fourth-order valence-corrected chi connectivity index (χ4v) is 3.61. The number of nitrogens with zero attached hydrogens (tertiary/aromatic N) is 4. The Kier molecular flexibility index (Phi) is 7.40. The highest BCUT2D eigenvalue weighted by atomic mass is 35.5. The van der Waals surface area contributed by atoms with E-state index in [1.54, 1.807) is 12.3 Å². The number of fused-ring (bicyclic) bond motifs is 2. The van der Waals surface area contributed by atoms with Crippen molar-refractivity contribution in [2.24, 2.45) is 0 Å². The fourth-order valence-electron chi connectivity index (χ4n) is 3.61. The lowest BCUT2D eigenvalue weighted by Crippen LogP contribution is -2.28. The van der Waals surface area contributed by atoms with E-state index in [2.05, 4.69) is 25.6 Å². The van der Waals surface area contributed by atoms with Gasteiger partial charge in [0.1, 0.15) is 5.52 Å². The van der Waals surface area contributed by atoms with Crippen molar-refractivity contribution >= 4 is 47.8 Å². The molecular weight excluding hydrogens is 413 g/mol. The third-order valence-electron chi connectivity index (χ3n) is 5.09. The molecule has 1 amide bonds. The fraction of sp³-hybridized carbons (Fsp3) is 0.368. The summed E-state index contributed by atoms with van der Waals surface area (Å²) in [5, 5.41) is 6.35. The number of carbonyl (C=O) groups excluding carboxylic acids is 1. The second kappa shape index (κ2) is 9.39. The minimum atomic E-state index is -0.181. The Bertz CT molecular complexity index is 1040. The van der Waals surface area contributed by atoms with Crippen molar-refractivity contribution in [2.45, 2.75) is 39.9 Å². The van der Waals surface area contributed by atoms with Crippen LogP contribution in [-0.4, -0.2) is 32.0 Å². The van der Waals surface area contributed by atoms with E-state index in [0.717, 1.165) is 30.8 Å². The molecule has 10 heteroatoms. The molecule has 0 atom stereocenters. The highest BCUT2D eigenvalue weighted by Gasteiger charge is 2.17. The maximum Gasteiger partial charge on any atom is 0.253 e. The smallest absolute Gasteiger partial charge is 0.253 e. The molecule has 0 saturated carbocycles. The molecule has 156 valence electrons. The molecule has 0 radical (unpaired) electrons. The molecule has 0 unspecified atom stereocenters. The maximum absolute atomic E-state index is 12.7. The normalized spacial score (nSPS) is 12.6. The molecule has 4 rings (SSSR count). The number of nitrogen functional groups attached to an aromatic ring is 1. The van der Waals surface area contributed by atoms with E-state index in [4.69, 9.17) is 5.73 Å². The van der Waals surface area contributed by atoms with Crippen molar-refractivity contribution in [3.8, 4) is 0 Å². The molecule has 4 heterocycles. The van der Waals surface area contributed by atoms with Crippen LogP contribution in [0.3, 0.4) is 0 Å². The molecule has 1 aliphatic heterocycles. The van der Waals surface area contributed by atoms with Gasteiger partial charge in [0.05, 0.1) is 5.56 Å². The molecule has 8 nitrogen and oxygen atoms in total. The van der Waals surface area contributed by atoms with Crippen LogP contribution in [0.4, 0.5) is 5.95 Å².